The van der Waals surface area contributed by atoms with Crippen molar-refractivity contribution in [3.63, 3.8) is 0 Å². The van der Waals surface area contributed by atoms with Crippen LogP contribution in [0.15, 0.2) is 0 Å². The zero-order chi connectivity index (χ0) is 14.7. The summed E-state index contributed by atoms with van der Waals surface area (Å²) in [6.45, 7) is 5.17. The first-order chi connectivity index (χ1) is 10.2. The van der Waals surface area contributed by atoms with Gasteiger partial charge in [0, 0.05) is 37.4 Å². The summed E-state index contributed by atoms with van der Waals surface area (Å²) in [5.74, 6) is 0.942. The van der Waals surface area contributed by atoms with Gasteiger partial charge >= 0.3 is 0 Å². The quantitative estimate of drug-likeness (QED) is 0.690. The van der Waals surface area contributed by atoms with Gasteiger partial charge in [0.05, 0.1) is 5.60 Å². The summed E-state index contributed by atoms with van der Waals surface area (Å²) in [4.78, 5) is 9.38. The van der Waals surface area contributed by atoms with E-state index in [1.54, 1.807) is 0 Å². The fraction of sp³-hybridized carbons (Fsp3) is 0.750. The standard InChI is InChI=1S/C16H26N4O/c1-12-13-4-2-3-5-14(13)20-15(19-12)6-8-17-10-16(21)7-9-18-11-16/h17-18,21H,2-11H2,1H3. The van der Waals surface area contributed by atoms with Crippen molar-refractivity contribution in [1.82, 2.24) is 20.6 Å². The minimum absolute atomic E-state index is 0.577. The van der Waals surface area contributed by atoms with E-state index in [4.69, 9.17) is 4.98 Å². The van der Waals surface area contributed by atoms with Gasteiger partial charge in [0.15, 0.2) is 0 Å². The Balaban J connectivity index is 1.52. The summed E-state index contributed by atoms with van der Waals surface area (Å²) in [5, 5.41) is 16.8. The topological polar surface area (TPSA) is 70.1 Å². The summed E-state index contributed by atoms with van der Waals surface area (Å²) >= 11 is 0. The molecule has 2 aliphatic rings. The summed E-state index contributed by atoms with van der Waals surface area (Å²) in [5.41, 5.74) is 3.23. The Morgan fingerprint density at radius 3 is 2.95 bits per heavy atom. The Labute approximate surface area is 126 Å². The molecule has 1 aromatic heterocycles. The third kappa shape index (κ3) is 3.59. The van der Waals surface area contributed by atoms with Gasteiger partial charge < -0.3 is 15.7 Å². The number of β-amino-alcohol motifs (C(OH)–C–C–N with tert-alkyl or cyclic N) is 1. The molecule has 1 atom stereocenters. The first kappa shape index (κ1) is 14.9. The van der Waals surface area contributed by atoms with Crippen molar-refractivity contribution in [2.75, 3.05) is 26.2 Å². The molecule has 3 N–H and O–H groups in total. The summed E-state index contributed by atoms with van der Waals surface area (Å²) in [7, 11) is 0. The number of aryl methyl sites for hydroxylation is 2. The van der Waals surface area contributed by atoms with Crippen LogP contribution in [0.4, 0.5) is 0 Å². The summed E-state index contributed by atoms with van der Waals surface area (Å²) < 4.78 is 0. The van der Waals surface area contributed by atoms with Gasteiger partial charge in [-0.3, -0.25) is 0 Å². The molecule has 21 heavy (non-hydrogen) atoms. The van der Waals surface area contributed by atoms with Gasteiger partial charge in [0.2, 0.25) is 0 Å². The Morgan fingerprint density at radius 2 is 2.14 bits per heavy atom. The maximum Gasteiger partial charge on any atom is 0.130 e. The van der Waals surface area contributed by atoms with Crippen LogP contribution in [0.25, 0.3) is 0 Å². The van der Waals surface area contributed by atoms with Gasteiger partial charge in [-0.2, -0.15) is 0 Å². The monoisotopic (exact) mass is 290 g/mol. The Bertz CT molecular complexity index is 497. The minimum atomic E-state index is -0.577. The lowest BCUT2D eigenvalue weighted by Crippen LogP contribution is -2.43. The van der Waals surface area contributed by atoms with Crippen LogP contribution in [0.2, 0.25) is 0 Å². The van der Waals surface area contributed by atoms with E-state index >= 15 is 0 Å². The predicted molar refractivity (Wildman–Crippen MR) is 82.4 cm³/mol. The van der Waals surface area contributed by atoms with E-state index in [1.165, 1.54) is 24.1 Å². The Morgan fingerprint density at radius 1 is 1.29 bits per heavy atom. The van der Waals surface area contributed by atoms with Gasteiger partial charge in [-0.25, -0.2) is 9.97 Å². The molecule has 1 fully saturated rings. The molecule has 0 radical (unpaired) electrons. The van der Waals surface area contributed by atoms with Gasteiger partial charge in [0.1, 0.15) is 5.82 Å². The Hall–Kier alpha value is -1.04. The third-order valence-electron chi connectivity index (χ3n) is 4.64. The van der Waals surface area contributed by atoms with Gasteiger partial charge in [0.25, 0.3) is 0 Å². The van der Waals surface area contributed by atoms with Gasteiger partial charge in [-0.15, -0.1) is 0 Å². The molecule has 5 nitrogen and oxygen atoms in total. The molecule has 0 spiro atoms. The largest absolute Gasteiger partial charge is 0.387 e. The average Bonchev–Trinajstić information content (AvgIpc) is 2.91. The highest BCUT2D eigenvalue weighted by atomic mass is 16.3. The first-order valence-corrected chi connectivity index (χ1v) is 8.15. The van der Waals surface area contributed by atoms with Crippen molar-refractivity contribution in [3.05, 3.63) is 22.8 Å². The van der Waals surface area contributed by atoms with Crippen molar-refractivity contribution in [2.45, 2.75) is 51.0 Å². The van der Waals surface area contributed by atoms with E-state index in [9.17, 15) is 5.11 Å². The van der Waals surface area contributed by atoms with Crippen LogP contribution in [-0.4, -0.2) is 46.9 Å². The highest BCUT2D eigenvalue weighted by Gasteiger charge is 2.30. The van der Waals surface area contributed by atoms with E-state index in [-0.39, 0.29) is 0 Å². The lowest BCUT2D eigenvalue weighted by molar-refractivity contribution is 0.0614. The Kier molecular flexibility index (Phi) is 4.52. The van der Waals surface area contributed by atoms with Gasteiger partial charge in [-0.1, -0.05) is 0 Å². The highest BCUT2D eigenvalue weighted by Crippen LogP contribution is 2.21. The van der Waals surface area contributed by atoms with Crippen molar-refractivity contribution in [2.24, 2.45) is 0 Å². The SMILES string of the molecule is Cc1nc(CCNCC2(O)CCNC2)nc2c1CCCC2. The molecule has 1 saturated heterocycles. The number of aromatic nitrogens is 2. The molecule has 2 heterocycles. The molecule has 0 saturated carbocycles. The summed E-state index contributed by atoms with van der Waals surface area (Å²) in [6.07, 6.45) is 6.42. The number of nitrogens with one attached hydrogen (secondary N) is 2. The molecule has 0 aromatic carbocycles. The number of fused-ring (bicyclic) bond motifs is 1. The van der Waals surface area contributed by atoms with Crippen LogP contribution < -0.4 is 10.6 Å². The van der Waals surface area contributed by atoms with Crippen molar-refractivity contribution in [1.29, 1.82) is 0 Å². The maximum absolute atomic E-state index is 10.2. The lowest BCUT2D eigenvalue weighted by Gasteiger charge is -2.21. The molecular formula is C16H26N4O. The molecule has 116 valence electrons. The van der Waals surface area contributed by atoms with Gasteiger partial charge in [-0.05, 0) is 51.1 Å². The molecule has 5 heteroatoms. The molecule has 1 unspecified atom stereocenters. The molecule has 3 rings (SSSR count). The normalized spacial score (nSPS) is 25.0. The smallest absolute Gasteiger partial charge is 0.130 e. The van der Waals surface area contributed by atoms with Crippen LogP contribution in [0.3, 0.4) is 0 Å². The van der Waals surface area contributed by atoms with Crippen LogP contribution in [0.1, 0.15) is 42.0 Å². The fourth-order valence-electron chi connectivity index (χ4n) is 3.36. The van der Waals surface area contributed by atoms with Crippen LogP contribution >= 0.6 is 0 Å². The third-order valence-corrected chi connectivity index (χ3v) is 4.64. The second-order valence-corrected chi connectivity index (χ2v) is 6.44. The van der Waals surface area contributed by atoms with Crippen LogP contribution in [-0.2, 0) is 19.3 Å². The van der Waals surface area contributed by atoms with Crippen molar-refractivity contribution >= 4 is 0 Å². The van der Waals surface area contributed by atoms with Crippen molar-refractivity contribution in [3.8, 4) is 0 Å². The van der Waals surface area contributed by atoms with E-state index in [2.05, 4.69) is 22.5 Å². The van der Waals surface area contributed by atoms with E-state index in [0.29, 0.717) is 13.1 Å². The molecule has 0 bridgehead atoms. The first-order valence-electron chi connectivity index (χ1n) is 8.15. The number of nitrogens with zero attached hydrogens (tertiary/aromatic N) is 2. The van der Waals surface area contributed by atoms with E-state index in [1.807, 2.05) is 0 Å². The second-order valence-electron chi connectivity index (χ2n) is 6.44. The zero-order valence-corrected chi connectivity index (χ0v) is 12.9. The molecule has 1 aliphatic carbocycles. The molecule has 1 aliphatic heterocycles. The fourth-order valence-corrected chi connectivity index (χ4v) is 3.36. The average molecular weight is 290 g/mol. The van der Waals surface area contributed by atoms with Crippen LogP contribution in [0, 0.1) is 6.92 Å². The number of aliphatic hydroxyl groups is 1. The van der Waals surface area contributed by atoms with E-state index in [0.717, 1.165) is 50.3 Å². The zero-order valence-electron chi connectivity index (χ0n) is 12.9. The van der Waals surface area contributed by atoms with Crippen LogP contribution in [0.5, 0.6) is 0 Å². The molecular weight excluding hydrogens is 264 g/mol. The predicted octanol–water partition coefficient (Wildman–Crippen LogP) is 0.520. The number of hydrogen-bond acceptors (Lipinski definition) is 5. The maximum atomic E-state index is 10.2. The van der Waals surface area contributed by atoms with Crippen molar-refractivity contribution < 1.29 is 5.11 Å². The summed E-state index contributed by atoms with van der Waals surface area (Å²) in [6, 6.07) is 0. The number of rotatable bonds is 5. The highest BCUT2D eigenvalue weighted by molar-refractivity contribution is 5.27. The molecule has 0 amide bonds. The number of hydrogen-bond donors (Lipinski definition) is 3. The second kappa shape index (κ2) is 6.38. The minimum Gasteiger partial charge on any atom is -0.387 e. The lowest BCUT2D eigenvalue weighted by atomic mass is 9.95. The molecule has 1 aromatic rings. The van der Waals surface area contributed by atoms with E-state index < -0.39 is 5.60 Å².